The Hall–Kier alpha value is -2.35. The summed E-state index contributed by atoms with van der Waals surface area (Å²) in [5.74, 6) is 0.370. The highest BCUT2D eigenvalue weighted by atomic mass is 19.2. The third kappa shape index (κ3) is 5.58. The van der Waals surface area contributed by atoms with Crippen LogP contribution in [-0.4, -0.2) is 38.7 Å². The summed E-state index contributed by atoms with van der Waals surface area (Å²) in [5, 5.41) is 7.08. The molecule has 152 valence electrons. The smallest absolute Gasteiger partial charge is 0.220 e. The first-order chi connectivity index (χ1) is 13.4. The molecular formula is C20H27F2N5O. The largest absolute Gasteiger partial charge is 0.352 e. The van der Waals surface area contributed by atoms with E-state index >= 15 is 0 Å². The first-order valence-electron chi connectivity index (χ1n) is 9.70. The number of nitrogens with zero attached hydrogens (tertiary/aromatic N) is 4. The average molecular weight is 391 g/mol. The number of carbonyl (C=O) groups excluding carboxylic acids is 1. The number of aryl methyl sites for hydroxylation is 2. The van der Waals surface area contributed by atoms with E-state index in [4.69, 9.17) is 0 Å². The van der Waals surface area contributed by atoms with Crippen LogP contribution in [0.15, 0.2) is 18.2 Å². The number of benzene rings is 1. The minimum Gasteiger partial charge on any atom is -0.352 e. The van der Waals surface area contributed by atoms with Crippen LogP contribution in [-0.2, 0) is 24.9 Å². The zero-order chi connectivity index (χ0) is 20.1. The highest BCUT2D eigenvalue weighted by molar-refractivity contribution is 5.75. The minimum absolute atomic E-state index is 0.0641. The Bertz CT molecular complexity index is 823. The van der Waals surface area contributed by atoms with Crippen LogP contribution in [0.4, 0.5) is 8.78 Å². The van der Waals surface area contributed by atoms with Crippen molar-refractivity contribution in [2.24, 2.45) is 13.0 Å². The van der Waals surface area contributed by atoms with Gasteiger partial charge in [0, 0.05) is 26.6 Å². The maximum absolute atomic E-state index is 13.2. The fourth-order valence-corrected chi connectivity index (χ4v) is 3.70. The van der Waals surface area contributed by atoms with Crippen LogP contribution in [0.5, 0.6) is 0 Å². The fourth-order valence-electron chi connectivity index (χ4n) is 3.70. The van der Waals surface area contributed by atoms with Gasteiger partial charge in [-0.3, -0.25) is 14.4 Å². The lowest BCUT2D eigenvalue weighted by Crippen LogP contribution is -2.36. The zero-order valence-electron chi connectivity index (χ0n) is 16.4. The van der Waals surface area contributed by atoms with E-state index < -0.39 is 11.6 Å². The summed E-state index contributed by atoms with van der Waals surface area (Å²) in [6.45, 7) is 4.85. The summed E-state index contributed by atoms with van der Waals surface area (Å²) in [4.78, 5) is 19.0. The summed E-state index contributed by atoms with van der Waals surface area (Å²) in [6.07, 6.45) is 3.48. The number of likely N-dealkylation sites (tertiary alicyclic amines) is 1. The Balaban J connectivity index is 1.41. The fraction of sp³-hybridized carbons (Fsp3) is 0.550. The lowest BCUT2D eigenvalue weighted by atomic mass is 9.93. The molecule has 1 aliphatic rings. The third-order valence-corrected chi connectivity index (χ3v) is 5.18. The van der Waals surface area contributed by atoms with E-state index in [0.29, 0.717) is 17.9 Å². The van der Waals surface area contributed by atoms with Crippen LogP contribution >= 0.6 is 0 Å². The number of hydrogen-bond donors (Lipinski definition) is 1. The van der Waals surface area contributed by atoms with Gasteiger partial charge < -0.3 is 5.32 Å². The predicted molar refractivity (Wildman–Crippen MR) is 101 cm³/mol. The quantitative estimate of drug-likeness (QED) is 0.788. The summed E-state index contributed by atoms with van der Waals surface area (Å²) in [7, 11) is 1.91. The maximum Gasteiger partial charge on any atom is 0.220 e. The zero-order valence-corrected chi connectivity index (χ0v) is 16.4. The lowest BCUT2D eigenvalue weighted by molar-refractivity contribution is -0.121. The number of nitrogens with one attached hydrogen (secondary N) is 1. The number of amides is 1. The summed E-state index contributed by atoms with van der Waals surface area (Å²) in [6, 6.07) is 3.67. The second kappa shape index (κ2) is 9.23. The number of hydrogen-bond acceptors (Lipinski definition) is 4. The molecule has 2 heterocycles. The number of piperidine rings is 1. The van der Waals surface area contributed by atoms with Crippen LogP contribution in [0.1, 0.15) is 42.9 Å². The van der Waals surface area contributed by atoms with Crippen molar-refractivity contribution in [1.82, 2.24) is 25.0 Å². The molecule has 0 radical (unpaired) electrons. The molecule has 1 saturated heterocycles. The van der Waals surface area contributed by atoms with Crippen LogP contribution < -0.4 is 5.32 Å². The van der Waals surface area contributed by atoms with Crippen LogP contribution in [0.2, 0.25) is 0 Å². The molecule has 1 atom stereocenters. The second-order valence-electron chi connectivity index (χ2n) is 7.51. The highest BCUT2D eigenvalue weighted by Crippen LogP contribution is 2.22. The molecule has 0 bridgehead atoms. The molecule has 1 aliphatic heterocycles. The molecule has 1 aromatic carbocycles. The summed E-state index contributed by atoms with van der Waals surface area (Å²) >= 11 is 0. The number of aromatic nitrogens is 3. The van der Waals surface area contributed by atoms with E-state index in [9.17, 15) is 13.6 Å². The number of carbonyl (C=O) groups is 1. The molecule has 6 nitrogen and oxygen atoms in total. The van der Waals surface area contributed by atoms with E-state index in [1.165, 1.54) is 6.07 Å². The van der Waals surface area contributed by atoms with Crippen molar-refractivity contribution in [2.45, 2.75) is 45.7 Å². The topological polar surface area (TPSA) is 63.1 Å². The molecule has 1 N–H and O–H groups in total. The Morgan fingerprint density at radius 2 is 2.14 bits per heavy atom. The van der Waals surface area contributed by atoms with Gasteiger partial charge in [-0.1, -0.05) is 6.07 Å². The molecule has 2 aromatic rings. The molecule has 1 unspecified atom stereocenters. The Labute approximate surface area is 163 Å². The number of rotatable bonds is 7. The highest BCUT2D eigenvalue weighted by Gasteiger charge is 2.22. The molecule has 28 heavy (non-hydrogen) atoms. The molecule has 1 aromatic heterocycles. The standard InChI is InChI=1S/C20H27F2N5O/c1-14-24-19(26(2)25-14)13-27-9-3-4-15(12-27)6-8-20(28)23-11-16-5-7-17(21)18(22)10-16/h5,7,10,15H,3-4,6,8-9,11-13H2,1-2H3,(H,23,28). The molecule has 3 rings (SSSR count). The van der Waals surface area contributed by atoms with Crippen molar-refractivity contribution in [1.29, 1.82) is 0 Å². The van der Waals surface area contributed by atoms with Gasteiger partial charge in [-0.15, -0.1) is 0 Å². The van der Waals surface area contributed by atoms with Gasteiger partial charge >= 0.3 is 0 Å². The first-order valence-corrected chi connectivity index (χ1v) is 9.70. The first kappa shape index (κ1) is 20.4. The van der Waals surface area contributed by atoms with Crippen molar-refractivity contribution >= 4 is 5.91 Å². The number of halogens is 2. The molecule has 1 fully saturated rings. The van der Waals surface area contributed by atoms with E-state index in [1.807, 2.05) is 18.7 Å². The van der Waals surface area contributed by atoms with Gasteiger partial charge in [-0.05, 0) is 56.3 Å². The summed E-state index contributed by atoms with van der Waals surface area (Å²) < 4.78 is 28.0. The Kier molecular flexibility index (Phi) is 6.72. The molecular weight excluding hydrogens is 364 g/mol. The average Bonchev–Trinajstić information content (AvgIpc) is 2.98. The van der Waals surface area contributed by atoms with Crippen molar-refractivity contribution in [3.8, 4) is 0 Å². The van der Waals surface area contributed by atoms with Crippen LogP contribution in [0.25, 0.3) is 0 Å². The van der Waals surface area contributed by atoms with Gasteiger partial charge in [0.25, 0.3) is 0 Å². The normalized spacial score (nSPS) is 17.6. The monoisotopic (exact) mass is 391 g/mol. The van der Waals surface area contributed by atoms with Gasteiger partial charge in [0.05, 0.1) is 6.54 Å². The molecule has 8 heteroatoms. The van der Waals surface area contributed by atoms with E-state index in [-0.39, 0.29) is 12.5 Å². The van der Waals surface area contributed by atoms with Gasteiger partial charge in [0.1, 0.15) is 11.6 Å². The van der Waals surface area contributed by atoms with Crippen LogP contribution in [0, 0.1) is 24.5 Å². The minimum atomic E-state index is -0.896. The van der Waals surface area contributed by atoms with Gasteiger partial charge in [-0.25, -0.2) is 13.8 Å². The van der Waals surface area contributed by atoms with Gasteiger partial charge in [0.2, 0.25) is 5.91 Å². The van der Waals surface area contributed by atoms with Gasteiger partial charge in [-0.2, -0.15) is 5.10 Å². The Morgan fingerprint density at radius 1 is 1.32 bits per heavy atom. The van der Waals surface area contributed by atoms with E-state index in [1.54, 1.807) is 0 Å². The summed E-state index contributed by atoms with van der Waals surface area (Å²) in [5.41, 5.74) is 0.551. The van der Waals surface area contributed by atoms with E-state index in [2.05, 4.69) is 20.3 Å². The SMILES string of the molecule is Cc1nc(CN2CCCC(CCC(=O)NCc3ccc(F)c(F)c3)C2)n(C)n1. The second-order valence-corrected chi connectivity index (χ2v) is 7.51. The maximum atomic E-state index is 13.2. The van der Waals surface area contributed by atoms with Crippen molar-refractivity contribution in [3.05, 3.63) is 47.0 Å². The third-order valence-electron chi connectivity index (χ3n) is 5.18. The van der Waals surface area contributed by atoms with Crippen molar-refractivity contribution in [2.75, 3.05) is 13.1 Å². The Morgan fingerprint density at radius 3 is 2.86 bits per heavy atom. The van der Waals surface area contributed by atoms with Crippen LogP contribution in [0.3, 0.4) is 0 Å². The molecule has 0 spiro atoms. The van der Waals surface area contributed by atoms with Crippen molar-refractivity contribution in [3.63, 3.8) is 0 Å². The van der Waals surface area contributed by atoms with E-state index in [0.717, 1.165) is 62.7 Å². The lowest BCUT2D eigenvalue weighted by Gasteiger charge is -2.32. The molecule has 0 saturated carbocycles. The van der Waals surface area contributed by atoms with Crippen molar-refractivity contribution < 1.29 is 13.6 Å². The van der Waals surface area contributed by atoms with Gasteiger partial charge in [0.15, 0.2) is 11.6 Å². The molecule has 0 aliphatic carbocycles. The molecule has 1 amide bonds. The predicted octanol–water partition coefficient (Wildman–Crippen LogP) is 2.71.